The average molecular weight is 330 g/mol. The first-order valence-corrected chi connectivity index (χ1v) is 8.78. The number of hydrogen-bond donors (Lipinski definition) is 0. The van der Waals surface area contributed by atoms with E-state index in [-0.39, 0.29) is 19.9 Å². The number of para-hydroxylation sites is 1. The van der Waals surface area contributed by atoms with Crippen LogP contribution in [0.3, 0.4) is 0 Å². The molecule has 0 aromatic heterocycles. The normalized spacial score (nSPS) is 12.6. The standard InChI is InChI=1S/C20H27O2P/c1-19(2,3)15-12-13-18(17(14-15)20(4,5)6)22-23-21-16-10-8-7-9-11-16/h7-14,23H,1-6H3. The fourth-order valence-corrected chi connectivity index (χ4v) is 2.82. The zero-order valence-electron chi connectivity index (χ0n) is 14.9. The predicted octanol–water partition coefficient (Wildman–Crippen LogP) is 6.25. The molecule has 124 valence electrons. The Morgan fingerprint density at radius 2 is 1.39 bits per heavy atom. The summed E-state index contributed by atoms with van der Waals surface area (Å²) in [6.07, 6.45) is 0. The number of rotatable bonds is 4. The van der Waals surface area contributed by atoms with Gasteiger partial charge in [0.15, 0.2) is 0 Å². The minimum absolute atomic E-state index is 0.0216. The molecule has 0 bridgehead atoms. The molecule has 0 aliphatic carbocycles. The Morgan fingerprint density at radius 1 is 0.739 bits per heavy atom. The molecule has 0 spiro atoms. The fraction of sp³-hybridized carbons (Fsp3) is 0.400. The van der Waals surface area contributed by atoms with Gasteiger partial charge in [-0.25, -0.2) is 0 Å². The van der Waals surface area contributed by atoms with E-state index in [2.05, 4.69) is 59.7 Å². The van der Waals surface area contributed by atoms with Crippen LogP contribution in [0, 0.1) is 0 Å². The SMILES string of the molecule is CC(C)(C)c1ccc(OPOc2ccccc2)c(C(C)(C)C)c1. The summed E-state index contributed by atoms with van der Waals surface area (Å²) >= 11 is 0. The van der Waals surface area contributed by atoms with Gasteiger partial charge in [-0.1, -0.05) is 71.9 Å². The zero-order chi connectivity index (χ0) is 17.1. The lowest BCUT2D eigenvalue weighted by molar-refractivity contribution is 0.490. The van der Waals surface area contributed by atoms with Gasteiger partial charge in [0.25, 0.3) is 9.03 Å². The lowest BCUT2D eigenvalue weighted by Crippen LogP contribution is -2.17. The second-order valence-electron chi connectivity index (χ2n) is 7.81. The Morgan fingerprint density at radius 3 is 1.96 bits per heavy atom. The molecule has 0 radical (unpaired) electrons. The molecule has 2 aromatic carbocycles. The van der Waals surface area contributed by atoms with E-state index < -0.39 is 0 Å². The molecule has 0 aliphatic rings. The third-order valence-corrected chi connectivity index (χ3v) is 4.33. The second kappa shape index (κ2) is 6.93. The zero-order valence-corrected chi connectivity index (χ0v) is 15.9. The van der Waals surface area contributed by atoms with E-state index in [0.29, 0.717) is 0 Å². The molecule has 3 heteroatoms. The molecular weight excluding hydrogens is 303 g/mol. The Kier molecular flexibility index (Phi) is 5.37. The maximum Gasteiger partial charge on any atom is 0.275 e. The van der Waals surface area contributed by atoms with Crippen LogP contribution in [-0.2, 0) is 10.8 Å². The molecule has 1 unspecified atom stereocenters. The quantitative estimate of drug-likeness (QED) is 0.617. The maximum atomic E-state index is 5.94. The minimum atomic E-state index is -0.0540. The van der Waals surface area contributed by atoms with Crippen molar-refractivity contribution in [1.29, 1.82) is 0 Å². The van der Waals surface area contributed by atoms with Crippen molar-refractivity contribution in [3.63, 3.8) is 0 Å². The molecule has 0 fully saturated rings. The van der Waals surface area contributed by atoms with E-state index in [0.717, 1.165) is 11.5 Å². The van der Waals surface area contributed by atoms with Crippen molar-refractivity contribution in [2.45, 2.75) is 52.4 Å². The highest BCUT2D eigenvalue weighted by molar-refractivity contribution is 7.27. The summed E-state index contributed by atoms with van der Waals surface area (Å²) in [7, 11) is -0.0540. The van der Waals surface area contributed by atoms with Gasteiger partial charge in [-0.15, -0.1) is 0 Å². The second-order valence-corrected chi connectivity index (χ2v) is 8.39. The van der Waals surface area contributed by atoms with Crippen LogP contribution in [0.4, 0.5) is 0 Å². The van der Waals surface area contributed by atoms with Gasteiger partial charge in [-0.2, -0.15) is 0 Å². The Labute approximate surface area is 142 Å². The van der Waals surface area contributed by atoms with Gasteiger partial charge in [-0.05, 0) is 34.6 Å². The molecule has 0 aliphatic heterocycles. The molecular formula is C20H27O2P. The summed E-state index contributed by atoms with van der Waals surface area (Å²) in [6, 6.07) is 16.2. The van der Waals surface area contributed by atoms with Crippen molar-refractivity contribution >= 4 is 9.03 Å². The van der Waals surface area contributed by atoms with E-state index in [1.54, 1.807) is 0 Å². The summed E-state index contributed by atoms with van der Waals surface area (Å²) in [5.41, 5.74) is 2.69. The van der Waals surface area contributed by atoms with Crippen molar-refractivity contribution in [3.8, 4) is 11.5 Å². The number of hydrogen-bond acceptors (Lipinski definition) is 2. The Balaban J connectivity index is 2.17. The lowest BCUT2D eigenvalue weighted by Gasteiger charge is -2.27. The topological polar surface area (TPSA) is 18.5 Å². The van der Waals surface area contributed by atoms with Crippen molar-refractivity contribution < 1.29 is 9.05 Å². The predicted molar refractivity (Wildman–Crippen MR) is 99.9 cm³/mol. The van der Waals surface area contributed by atoms with Gasteiger partial charge in [0.1, 0.15) is 11.5 Å². The molecule has 1 atom stereocenters. The van der Waals surface area contributed by atoms with Crippen LogP contribution in [0.2, 0.25) is 0 Å². The van der Waals surface area contributed by atoms with Gasteiger partial charge in [0.05, 0.1) is 0 Å². The van der Waals surface area contributed by atoms with Gasteiger partial charge in [0.2, 0.25) is 0 Å². The molecule has 2 nitrogen and oxygen atoms in total. The first-order chi connectivity index (χ1) is 10.7. The van der Waals surface area contributed by atoms with Gasteiger partial charge in [-0.3, -0.25) is 0 Å². The Hall–Kier alpha value is -1.53. The van der Waals surface area contributed by atoms with Crippen molar-refractivity contribution in [2.24, 2.45) is 0 Å². The Bertz CT molecular complexity index is 637. The van der Waals surface area contributed by atoms with Crippen molar-refractivity contribution in [2.75, 3.05) is 0 Å². The van der Waals surface area contributed by atoms with Gasteiger partial charge >= 0.3 is 0 Å². The van der Waals surface area contributed by atoms with Gasteiger partial charge < -0.3 is 9.05 Å². The third kappa shape index (κ3) is 4.97. The first kappa shape index (κ1) is 17.8. The summed E-state index contributed by atoms with van der Waals surface area (Å²) in [4.78, 5) is 0. The highest BCUT2D eigenvalue weighted by atomic mass is 31.1. The van der Waals surface area contributed by atoms with E-state index in [1.165, 1.54) is 11.1 Å². The van der Waals surface area contributed by atoms with Crippen LogP contribution in [0.1, 0.15) is 52.7 Å². The van der Waals surface area contributed by atoms with E-state index >= 15 is 0 Å². The van der Waals surface area contributed by atoms with Gasteiger partial charge in [0, 0.05) is 5.56 Å². The molecule has 2 aromatic rings. The summed E-state index contributed by atoms with van der Waals surface area (Å²) in [5, 5.41) is 0. The number of benzene rings is 2. The molecule has 0 amide bonds. The van der Waals surface area contributed by atoms with E-state index in [1.807, 2.05) is 30.3 Å². The molecule has 0 saturated heterocycles. The maximum absolute atomic E-state index is 5.94. The van der Waals surface area contributed by atoms with Crippen LogP contribution >= 0.6 is 9.03 Å². The van der Waals surface area contributed by atoms with E-state index in [9.17, 15) is 0 Å². The summed E-state index contributed by atoms with van der Waals surface area (Å²) in [6.45, 7) is 13.3. The minimum Gasteiger partial charge on any atom is -0.441 e. The van der Waals surface area contributed by atoms with Crippen molar-refractivity contribution in [1.82, 2.24) is 0 Å². The summed E-state index contributed by atoms with van der Waals surface area (Å²) in [5.74, 6) is 1.73. The molecule has 2 rings (SSSR count). The monoisotopic (exact) mass is 330 g/mol. The van der Waals surface area contributed by atoms with Crippen molar-refractivity contribution in [3.05, 3.63) is 59.7 Å². The summed E-state index contributed by atoms with van der Waals surface area (Å²) < 4.78 is 11.6. The third-order valence-electron chi connectivity index (χ3n) is 3.71. The highest BCUT2D eigenvalue weighted by Crippen LogP contribution is 2.38. The average Bonchev–Trinajstić information content (AvgIpc) is 2.46. The van der Waals surface area contributed by atoms with Crippen LogP contribution in [-0.4, -0.2) is 0 Å². The molecule has 23 heavy (non-hydrogen) atoms. The lowest BCUT2D eigenvalue weighted by atomic mass is 9.80. The first-order valence-electron chi connectivity index (χ1n) is 7.97. The highest BCUT2D eigenvalue weighted by Gasteiger charge is 2.23. The van der Waals surface area contributed by atoms with Crippen LogP contribution in [0.5, 0.6) is 11.5 Å². The molecule has 0 N–H and O–H groups in total. The van der Waals surface area contributed by atoms with Crippen LogP contribution in [0.25, 0.3) is 0 Å². The van der Waals surface area contributed by atoms with Crippen LogP contribution in [0.15, 0.2) is 48.5 Å². The molecule has 0 heterocycles. The fourth-order valence-electron chi connectivity index (χ4n) is 2.27. The van der Waals surface area contributed by atoms with Crippen LogP contribution < -0.4 is 9.05 Å². The smallest absolute Gasteiger partial charge is 0.275 e. The largest absolute Gasteiger partial charge is 0.441 e. The van der Waals surface area contributed by atoms with E-state index in [4.69, 9.17) is 9.05 Å². The molecule has 0 saturated carbocycles.